The number of furan rings is 1. The van der Waals surface area contributed by atoms with Crippen molar-refractivity contribution in [2.24, 2.45) is 5.10 Å². The van der Waals surface area contributed by atoms with Gasteiger partial charge < -0.3 is 19.2 Å². The van der Waals surface area contributed by atoms with E-state index in [-0.39, 0.29) is 17.6 Å². The van der Waals surface area contributed by atoms with E-state index in [2.05, 4.69) is 15.8 Å². The first-order valence-electron chi connectivity index (χ1n) is 7.53. The lowest BCUT2D eigenvalue weighted by molar-refractivity contribution is 0.0696. The third-order valence-electron chi connectivity index (χ3n) is 2.91. The zero-order valence-corrected chi connectivity index (χ0v) is 14.9. The van der Waals surface area contributed by atoms with Gasteiger partial charge in [0, 0.05) is 6.04 Å². The zero-order valence-electron chi connectivity index (χ0n) is 14.1. The maximum absolute atomic E-state index is 11.9. The van der Waals surface area contributed by atoms with Gasteiger partial charge in [0.1, 0.15) is 0 Å². The van der Waals surface area contributed by atoms with Gasteiger partial charge in [0.25, 0.3) is 0 Å². The standard InChI is InChI=1S/C17H19N3O4S/c1-11(2)19-17(25)20-18-10-12-6-7-13(15(9-12)22-3)24-16(21)14-5-4-8-23-14/h4-11H,1-3H3,(H2,19,20,25)/b18-10+. The molecule has 2 aromatic rings. The molecule has 0 fully saturated rings. The number of carbonyl (C=O) groups is 1. The van der Waals surface area contributed by atoms with E-state index in [1.54, 1.807) is 30.5 Å². The predicted molar refractivity (Wildman–Crippen MR) is 98.3 cm³/mol. The average molecular weight is 361 g/mol. The van der Waals surface area contributed by atoms with E-state index in [9.17, 15) is 4.79 Å². The zero-order chi connectivity index (χ0) is 18.2. The third kappa shape index (κ3) is 5.61. The number of benzene rings is 1. The molecule has 1 aromatic heterocycles. The van der Waals surface area contributed by atoms with E-state index in [0.29, 0.717) is 10.9 Å². The van der Waals surface area contributed by atoms with Crippen molar-refractivity contribution in [3.63, 3.8) is 0 Å². The van der Waals surface area contributed by atoms with Gasteiger partial charge in [-0.2, -0.15) is 5.10 Å². The van der Waals surface area contributed by atoms with Gasteiger partial charge in [-0.05, 0) is 62.0 Å². The molecular weight excluding hydrogens is 342 g/mol. The molecular formula is C17H19N3O4S. The molecule has 1 aromatic carbocycles. The Hall–Kier alpha value is -2.87. The van der Waals surface area contributed by atoms with Crippen molar-refractivity contribution in [3.8, 4) is 11.5 Å². The second-order valence-corrected chi connectivity index (χ2v) is 5.68. The van der Waals surface area contributed by atoms with Gasteiger partial charge in [-0.15, -0.1) is 0 Å². The van der Waals surface area contributed by atoms with Crippen LogP contribution in [0.4, 0.5) is 0 Å². The highest BCUT2D eigenvalue weighted by molar-refractivity contribution is 7.80. The van der Waals surface area contributed by atoms with E-state index >= 15 is 0 Å². The van der Waals surface area contributed by atoms with Crippen molar-refractivity contribution in [3.05, 3.63) is 47.9 Å². The fourth-order valence-corrected chi connectivity index (χ4v) is 2.14. The van der Waals surface area contributed by atoms with Crippen LogP contribution in [-0.2, 0) is 0 Å². The molecule has 8 heteroatoms. The number of nitrogens with zero attached hydrogens (tertiary/aromatic N) is 1. The topological polar surface area (TPSA) is 85.1 Å². The first kappa shape index (κ1) is 18.5. The molecule has 0 atom stereocenters. The number of thiocarbonyl (C=S) groups is 1. The van der Waals surface area contributed by atoms with Crippen LogP contribution in [0.5, 0.6) is 11.5 Å². The fourth-order valence-electron chi connectivity index (χ4n) is 1.85. The van der Waals surface area contributed by atoms with Gasteiger partial charge in [-0.3, -0.25) is 5.43 Å². The molecule has 132 valence electrons. The minimum atomic E-state index is -0.600. The monoisotopic (exact) mass is 361 g/mol. The largest absolute Gasteiger partial charge is 0.493 e. The van der Waals surface area contributed by atoms with Crippen LogP contribution in [0.25, 0.3) is 0 Å². The lowest BCUT2D eigenvalue weighted by Crippen LogP contribution is -2.36. The summed E-state index contributed by atoms with van der Waals surface area (Å²) in [4.78, 5) is 11.9. The van der Waals surface area contributed by atoms with E-state index in [1.807, 2.05) is 13.8 Å². The molecule has 2 N–H and O–H groups in total. The SMILES string of the molecule is COc1cc(/C=N/NC(=S)NC(C)C)ccc1OC(=O)c1ccco1. The summed E-state index contributed by atoms with van der Waals surface area (Å²) in [5.41, 5.74) is 3.46. The second kappa shape index (κ2) is 8.84. The normalized spacial score (nSPS) is 10.7. The van der Waals surface area contributed by atoms with Crippen LogP contribution < -0.4 is 20.2 Å². The molecule has 2 rings (SSSR count). The van der Waals surface area contributed by atoms with Crippen molar-refractivity contribution < 1.29 is 18.7 Å². The van der Waals surface area contributed by atoms with Crippen LogP contribution in [0.15, 0.2) is 46.1 Å². The molecule has 0 aliphatic carbocycles. The molecule has 0 saturated heterocycles. The summed E-state index contributed by atoms with van der Waals surface area (Å²) in [6.45, 7) is 3.95. The number of hydrogen-bond donors (Lipinski definition) is 2. The molecule has 0 saturated carbocycles. The van der Waals surface area contributed by atoms with Gasteiger partial charge in [0.15, 0.2) is 16.6 Å². The lowest BCUT2D eigenvalue weighted by atomic mass is 10.2. The minimum Gasteiger partial charge on any atom is -0.493 e. The minimum absolute atomic E-state index is 0.114. The highest BCUT2D eigenvalue weighted by Gasteiger charge is 2.14. The van der Waals surface area contributed by atoms with Gasteiger partial charge >= 0.3 is 5.97 Å². The second-order valence-electron chi connectivity index (χ2n) is 5.28. The van der Waals surface area contributed by atoms with Gasteiger partial charge in [0.05, 0.1) is 19.6 Å². The van der Waals surface area contributed by atoms with Crippen molar-refractivity contribution in [1.82, 2.24) is 10.7 Å². The summed E-state index contributed by atoms with van der Waals surface area (Å²) < 4.78 is 15.5. The Morgan fingerprint density at radius 2 is 2.12 bits per heavy atom. The van der Waals surface area contributed by atoms with Gasteiger partial charge in [-0.25, -0.2) is 4.79 Å². The van der Waals surface area contributed by atoms with E-state index in [4.69, 9.17) is 26.1 Å². The molecule has 0 unspecified atom stereocenters. The molecule has 7 nitrogen and oxygen atoms in total. The average Bonchev–Trinajstić information content (AvgIpc) is 3.10. The van der Waals surface area contributed by atoms with E-state index in [0.717, 1.165) is 5.56 Å². The van der Waals surface area contributed by atoms with Crippen molar-refractivity contribution in [2.75, 3.05) is 7.11 Å². The number of esters is 1. The summed E-state index contributed by atoms with van der Waals surface area (Å²) in [5.74, 6) is 0.192. The molecule has 1 heterocycles. The molecule has 0 amide bonds. The Bertz CT molecular complexity index is 757. The molecule has 0 aliphatic rings. The van der Waals surface area contributed by atoms with Crippen LogP contribution in [0.1, 0.15) is 30.0 Å². The maximum atomic E-state index is 11.9. The fraction of sp³-hybridized carbons (Fsp3) is 0.235. The first-order valence-corrected chi connectivity index (χ1v) is 7.93. The highest BCUT2D eigenvalue weighted by atomic mass is 32.1. The van der Waals surface area contributed by atoms with Crippen molar-refractivity contribution in [1.29, 1.82) is 0 Å². The Labute approximate surface area is 151 Å². The van der Waals surface area contributed by atoms with Crippen LogP contribution in [0.3, 0.4) is 0 Å². The Balaban J connectivity index is 2.03. The number of carbonyl (C=O) groups excluding carboxylic acids is 1. The Morgan fingerprint density at radius 1 is 1.32 bits per heavy atom. The van der Waals surface area contributed by atoms with Gasteiger partial charge in [-0.1, -0.05) is 0 Å². The Kier molecular flexibility index (Phi) is 6.53. The third-order valence-corrected chi connectivity index (χ3v) is 3.12. The number of hydrogen-bond acceptors (Lipinski definition) is 6. The van der Waals surface area contributed by atoms with Gasteiger partial charge in [0.2, 0.25) is 5.76 Å². The van der Waals surface area contributed by atoms with Crippen LogP contribution >= 0.6 is 12.2 Å². The molecule has 0 bridgehead atoms. The van der Waals surface area contributed by atoms with Crippen LogP contribution in [0.2, 0.25) is 0 Å². The Morgan fingerprint density at radius 3 is 2.76 bits per heavy atom. The maximum Gasteiger partial charge on any atom is 0.379 e. The summed E-state index contributed by atoms with van der Waals surface area (Å²) in [7, 11) is 1.49. The summed E-state index contributed by atoms with van der Waals surface area (Å²) in [5, 5.41) is 7.49. The highest BCUT2D eigenvalue weighted by Crippen LogP contribution is 2.28. The number of rotatable bonds is 6. The van der Waals surface area contributed by atoms with E-state index < -0.39 is 5.97 Å². The smallest absolute Gasteiger partial charge is 0.379 e. The van der Waals surface area contributed by atoms with Crippen LogP contribution in [-0.4, -0.2) is 30.4 Å². The molecule has 0 aliphatic heterocycles. The summed E-state index contributed by atoms with van der Waals surface area (Å²) >= 11 is 5.07. The number of nitrogens with one attached hydrogen (secondary N) is 2. The summed E-state index contributed by atoms with van der Waals surface area (Å²) in [6, 6.07) is 8.39. The number of hydrazone groups is 1. The number of methoxy groups -OCH3 is 1. The quantitative estimate of drug-likeness (QED) is 0.269. The van der Waals surface area contributed by atoms with Crippen LogP contribution in [0, 0.1) is 0 Å². The number of ether oxygens (including phenoxy) is 2. The van der Waals surface area contributed by atoms with E-state index in [1.165, 1.54) is 19.4 Å². The van der Waals surface area contributed by atoms with Crippen molar-refractivity contribution in [2.45, 2.75) is 19.9 Å². The molecule has 0 radical (unpaired) electrons. The molecule has 25 heavy (non-hydrogen) atoms. The lowest BCUT2D eigenvalue weighted by Gasteiger charge is -2.10. The molecule has 0 spiro atoms. The van der Waals surface area contributed by atoms with Crippen molar-refractivity contribution >= 4 is 29.5 Å². The summed E-state index contributed by atoms with van der Waals surface area (Å²) in [6.07, 6.45) is 2.98. The first-order chi connectivity index (χ1) is 12.0. The predicted octanol–water partition coefficient (Wildman–Crippen LogP) is 2.71.